The molecule has 1 heterocycles. The molecular weight excluding hydrogens is 201 g/mol. The zero-order valence-electron chi connectivity index (χ0n) is 7.01. The molecule has 0 saturated carbocycles. The van der Waals surface area contributed by atoms with E-state index in [1.807, 2.05) is 0 Å². The lowest BCUT2D eigenvalue weighted by Gasteiger charge is -2.04. The van der Waals surface area contributed by atoms with Gasteiger partial charge in [0.25, 0.3) is 0 Å². The summed E-state index contributed by atoms with van der Waals surface area (Å²) in [6.45, 7) is 0. The van der Waals surface area contributed by atoms with Gasteiger partial charge in [-0.3, -0.25) is 0 Å². The third-order valence-corrected chi connectivity index (χ3v) is 2.45. The average Bonchev–Trinajstić information content (AvgIpc) is 2.34. The molecule has 0 spiro atoms. The van der Waals surface area contributed by atoms with Crippen LogP contribution >= 0.6 is 11.8 Å². The molecule has 13 heavy (non-hydrogen) atoms. The Bertz CT molecular complexity index is 269. The van der Waals surface area contributed by atoms with Crippen LogP contribution in [0.1, 0.15) is 6.42 Å². The van der Waals surface area contributed by atoms with Crippen molar-refractivity contribution < 1.29 is 13.2 Å². The highest BCUT2D eigenvalue weighted by Gasteiger charge is 2.26. The number of rotatable bonds is 3. The maximum Gasteiger partial charge on any atom is 0.389 e. The minimum absolute atomic E-state index is 0.0222. The highest BCUT2D eigenvalue weighted by atomic mass is 32.2. The van der Waals surface area contributed by atoms with Gasteiger partial charge in [-0.25, -0.2) is 4.98 Å². The van der Waals surface area contributed by atoms with E-state index < -0.39 is 12.6 Å². The predicted molar refractivity (Wildman–Crippen MR) is 44.6 cm³/mol. The van der Waals surface area contributed by atoms with Gasteiger partial charge in [-0.2, -0.15) is 13.2 Å². The molecule has 0 amide bonds. The van der Waals surface area contributed by atoms with E-state index in [0.717, 1.165) is 11.8 Å². The van der Waals surface area contributed by atoms with Crippen molar-refractivity contribution in [3.05, 3.63) is 12.4 Å². The van der Waals surface area contributed by atoms with Crippen LogP contribution in [0.15, 0.2) is 17.6 Å². The van der Waals surface area contributed by atoms with Gasteiger partial charge in [0, 0.05) is 25.2 Å². The lowest BCUT2D eigenvalue weighted by molar-refractivity contribution is -0.129. The number of nitrogens with zero attached hydrogens (tertiary/aromatic N) is 2. The first-order valence-electron chi connectivity index (χ1n) is 3.66. The van der Waals surface area contributed by atoms with Gasteiger partial charge in [0.15, 0.2) is 5.16 Å². The summed E-state index contributed by atoms with van der Waals surface area (Å²) in [6, 6.07) is 0. The first-order chi connectivity index (χ1) is 5.99. The molecule has 1 aromatic rings. The van der Waals surface area contributed by atoms with Crippen LogP contribution in [0.2, 0.25) is 0 Å². The summed E-state index contributed by atoms with van der Waals surface area (Å²) < 4.78 is 36.9. The Kier molecular flexibility index (Phi) is 3.24. The molecule has 2 nitrogen and oxygen atoms in total. The second-order valence-electron chi connectivity index (χ2n) is 2.53. The largest absolute Gasteiger partial charge is 0.389 e. The zero-order chi connectivity index (χ0) is 9.90. The lowest BCUT2D eigenvalue weighted by Crippen LogP contribution is -2.08. The van der Waals surface area contributed by atoms with Crippen LogP contribution in [0.25, 0.3) is 0 Å². The zero-order valence-corrected chi connectivity index (χ0v) is 7.82. The first-order valence-corrected chi connectivity index (χ1v) is 4.64. The lowest BCUT2D eigenvalue weighted by atomic mass is 10.5. The second kappa shape index (κ2) is 4.04. The topological polar surface area (TPSA) is 17.8 Å². The van der Waals surface area contributed by atoms with E-state index in [1.165, 1.54) is 0 Å². The SMILES string of the molecule is Cn1ccnc1SCCC(F)(F)F. The Morgan fingerprint density at radius 3 is 2.69 bits per heavy atom. The van der Waals surface area contributed by atoms with Crippen molar-refractivity contribution in [1.29, 1.82) is 0 Å². The molecule has 0 radical (unpaired) electrons. The molecular formula is C7H9F3N2S. The molecule has 0 aliphatic rings. The number of hydrogen-bond donors (Lipinski definition) is 0. The Hall–Kier alpha value is -0.650. The summed E-state index contributed by atoms with van der Waals surface area (Å²) in [6.07, 6.45) is -1.57. The number of hydrogen-bond acceptors (Lipinski definition) is 2. The van der Waals surface area contributed by atoms with Crippen LogP contribution in [-0.2, 0) is 7.05 Å². The summed E-state index contributed by atoms with van der Waals surface area (Å²) in [5.41, 5.74) is 0. The predicted octanol–water partition coefficient (Wildman–Crippen LogP) is 2.46. The maximum absolute atomic E-state index is 11.7. The van der Waals surface area contributed by atoms with Crippen molar-refractivity contribution >= 4 is 11.8 Å². The summed E-state index contributed by atoms with van der Waals surface area (Å²) in [5.74, 6) is 0.0222. The highest BCUT2D eigenvalue weighted by molar-refractivity contribution is 7.99. The summed E-state index contributed by atoms with van der Waals surface area (Å²) in [5, 5.41) is 0.615. The Morgan fingerprint density at radius 2 is 2.23 bits per heavy atom. The van der Waals surface area contributed by atoms with Gasteiger partial charge in [-0.1, -0.05) is 11.8 Å². The summed E-state index contributed by atoms with van der Waals surface area (Å²) in [7, 11) is 1.75. The number of aromatic nitrogens is 2. The van der Waals surface area contributed by atoms with Gasteiger partial charge in [-0.15, -0.1) is 0 Å². The van der Waals surface area contributed by atoms with Crippen LogP contribution in [-0.4, -0.2) is 21.5 Å². The van der Waals surface area contributed by atoms with Gasteiger partial charge < -0.3 is 4.57 Å². The van der Waals surface area contributed by atoms with Gasteiger partial charge in [0.1, 0.15) is 0 Å². The van der Waals surface area contributed by atoms with E-state index >= 15 is 0 Å². The van der Waals surface area contributed by atoms with E-state index in [4.69, 9.17) is 0 Å². The minimum atomic E-state index is -4.07. The van der Waals surface area contributed by atoms with Crippen molar-refractivity contribution in [2.45, 2.75) is 17.8 Å². The molecule has 0 bridgehead atoms. The molecule has 0 aliphatic heterocycles. The normalized spacial score (nSPS) is 12.0. The molecule has 0 unspecified atom stereocenters. The highest BCUT2D eigenvalue weighted by Crippen LogP contribution is 2.24. The molecule has 74 valence electrons. The van der Waals surface area contributed by atoms with E-state index in [0.29, 0.717) is 5.16 Å². The third-order valence-electron chi connectivity index (χ3n) is 1.39. The van der Waals surface area contributed by atoms with Gasteiger partial charge in [0.05, 0.1) is 6.42 Å². The van der Waals surface area contributed by atoms with Crippen LogP contribution < -0.4 is 0 Å². The van der Waals surface area contributed by atoms with Crippen molar-refractivity contribution in [3.8, 4) is 0 Å². The number of aryl methyl sites for hydroxylation is 1. The molecule has 0 saturated heterocycles. The molecule has 1 rings (SSSR count). The molecule has 0 N–H and O–H groups in total. The van der Waals surface area contributed by atoms with E-state index in [1.54, 1.807) is 24.0 Å². The molecule has 6 heteroatoms. The van der Waals surface area contributed by atoms with Gasteiger partial charge >= 0.3 is 6.18 Å². The van der Waals surface area contributed by atoms with Crippen LogP contribution in [0, 0.1) is 0 Å². The molecule has 0 fully saturated rings. The van der Waals surface area contributed by atoms with Crippen LogP contribution in [0.3, 0.4) is 0 Å². The Balaban J connectivity index is 2.32. The van der Waals surface area contributed by atoms with E-state index in [-0.39, 0.29) is 5.75 Å². The second-order valence-corrected chi connectivity index (χ2v) is 3.60. The minimum Gasteiger partial charge on any atom is -0.329 e. The summed E-state index contributed by atoms with van der Waals surface area (Å²) in [4.78, 5) is 3.89. The van der Waals surface area contributed by atoms with Crippen molar-refractivity contribution in [2.75, 3.05) is 5.75 Å². The molecule has 0 atom stereocenters. The van der Waals surface area contributed by atoms with E-state index in [9.17, 15) is 13.2 Å². The Labute approximate surface area is 78.1 Å². The molecule has 0 aliphatic carbocycles. The van der Waals surface area contributed by atoms with E-state index in [2.05, 4.69) is 4.98 Å². The fourth-order valence-electron chi connectivity index (χ4n) is 0.749. The number of thioether (sulfide) groups is 1. The quantitative estimate of drug-likeness (QED) is 0.713. The van der Waals surface area contributed by atoms with Gasteiger partial charge in [-0.05, 0) is 0 Å². The number of alkyl halides is 3. The number of imidazole rings is 1. The van der Waals surface area contributed by atoms with Crippen molar-refractivity contribution in [1.82, 2.24) is 9.55 Å². The fraction of sp³-hybridized carbons (Fsp3) is 0.571. The smallest absolute Gasteiger partial charge is 0.329 e. The average molecular weight is 210 g/mol. The van der Waals surface area contributed by atoms with Gasteiger partial charge in [0.2, 0.25) is 0 Å². The van der Waals surface area contributed by atoms with Crippen molar-refractivity contribution in [3.63, 3.8) is 0 Å². The first kappa shape index (κ1) is 10.4. The Morgan fingerprint density at radius 1 is 1.54 bits per heavy atom. The fourth-order valence-corrected chi connectivity index (χ4v) is 1.67. The molecule has 1 aromatic heterocycles. The standard InChI is InChI=1S/C7H9F3N2S/c1-12-4-3-11-6(12)13-5-2-7(8,9)10/h3-4H,2,5H2,1H3. The van der Waals surface area contributed by atoms with Crippen molar-refractivity contribution in [2.24, 2.45) is 7.05 Å². The monoisotopic (exact) mass is 210 g/mol. The third kappa shape index (κ3) is 3.71. The van der Waals surface area contributed by atoms with Crippen LogP contribution in [0.4, 0.5) is 13.2 Å². The maximum atomic E-state index is 11.7. The summed E-state index contributed by atoms with van der Waals surface area (Å²) >= 11 is 1.11. The van der Waals surface area contributed by atoms with Crippen LogP contribution in [0.5, 0.6) is 0 Å². The number of halogens is 3. The molecule has 0 aromatic carbocycles.